The molecule has 3 rings (SSSR count). The van der Waals surface area contributed by atoms with Crippen molar-refractivity contribution < 1.29 is 13.9 Å². The van der Waals surface area contributed by atoms with Crippen molar-refractivity contribution in [3.8, 4) is 5.75 Å². The van der Waals surface area contributed by atoms with Crippen LogP contribution in [0, 0.1) is 20.8 Å². The van der Waals surface area contributed by atoms with Crippen LogP contribution in [0.4, 0.5) is 5.69 Å². The van der Waals surface area contributed by atoms with Gasteiger partial charge in [0.25, 0.3) is 0 Å². The first-order chi connectivity index (χ1) is 13.3. The molecule has 0 radical (unpaired) electrons. The van der Waals surface area contributed by atoms with Gasteiger partial charge in [0.2, 0.25) is 5.91 Å². The number of rotatable bonds is 5. The molecule has 0 fully saturated rings. The van der Waals surface area contributed by atoms with Crippen LogP contribution >= 0.6 is 11.6 Å². The van der Waals surface area contributed by atoms with E-state index in [1.54, 1.807) is 30.3 Å². The molecule has 0 spiro atoms. The van der Waals surface area contributed by atoms with Crippen LogP contribution in [0.1, 0.15) is 36.3 Å². The number of amides is 1. The molecule has 0 aliphatic heterocycles. The Morgan fingerprint density at radius 3 is 2.50 bits per heavy atom. The van der Waals surface area contributed by atoms with Gasteiger partial charge >= 0.3 is 0 Å². The van der Waals surface area contributed by atoms with Crippen LogP contribution < -0.4 is 10.1 Å². The first-order valence-electron chi connectivity index (χ1n) is 9.23. The van der Waals surface area contributed by atoms with E-state index < -0.39 is 0 Å². The van der Waals surface area contributed by atoms with Gasteiger partial charge in [-0.2, -0.15) is 0 Å². The standard InChI is InChI=1S/C23H24ClNO3/c1-6-27-22-15(4)23-20(14(3)16(5)28-23)12-19(22)13(2)11-21(26)25-18-9-7-17(24)8-10-18/h7-12H,6H2,1-5H3,(H,25,26)/b13-11+. The van der Waals surface area contributed by atoms with Crippen LogP contribution in [0.5, 0.6) is 5.75 Å². The van der Waals surface area contributed by atoms with Crippen LogP contribution in [0.15, 0.2) is 40.8 Å². The molecule has 146 valence electrons. The molecule has 0 atom stereocenters. The topological polar surface area (TPSA) is 51.5 Å². The number of fused-ring (bicyclic) bond motifs is 1. The number of nitrogens with one attached hydrogen (secondary N) is 1. The van der Waals surface area contributed by atoms with E-state index in [1.807, 2.05) is 40.7 Å². The quantitative estimate of drug-likeness (QED) is 0.503. The lowest BCUT2D eigenvalue weighted by Crippen LogP contribution is -2.08. The highest BCUT2D eigenvalue weighted by Crippen LogP contribution is 2.38. The van der Waals surface area contributed by atoms with E-state index in [-0.39, 0.29) is 5.91 Å². The number of hydrogen-bond donors (Lipinski definition) is 1. The highest BCUT2D eigenvalue weighted by atomic mass is 35.5. The summed E-state index contributed by atoms with van der Waals surface area (Å²) in [4.78, 5) is 12.5. The van der Waals surface area contributed by atoms with Crippen LogP contribution in [-0.2, 0) is 4.79 Å². The van der Waals surface area contributed by atoms with Gasteiger partial charge in [0.05, 0.1) is 6.61 Å². The Kier molecular flexibility index (Phi) is 5.80. The number of benzene rings is 2. The Morgan fingerprint density at radius 2 is 1.86 bits per heavy atom. The molecule has 28 heavy (non-hydrogen) atoms. The molecule has 0 aliphatic carbocycles. The normalized spacial score (nSPS) is 11.7. The summed E-state index contributed by atoms with van der Waals surface area (Å²) in [5.74, 6) is 1.43. The molecule has 4 nitrogen and oxygen atoms in total. The van der Waals surface area contributed by atoms with Crippen molar-refractivity contribution in [1.29, 1.82) is 0 Å². The van der Waals surface area contributed by atoms with Gasteiger partial charge in [0.15, 0.2) is 0 Å². The molecule has 2 aromatic carbocycles. The maximum atomic E-state index is 12.5. The average Bonchev–Trinajstić information content (AvgIpc) is 2.94. The third kappa shape index (κ3) is 3.92. The molecule has 0 saturated heterocycles. The second-order valence-electron chi connectivity index (χ2n) is 6.79. The zero-order valence-electron chi connectivity index (χ0n) is 16.8. The molecule has 5 heteroatoms. The molecule has 1 heterocycles. The van der Waals surface area contributed by atoms with Crippen LogP contribution in [-0.4, -0.2) is 12.5 Å². The van der Waals surface area contributed by atoms with Crippen molar-refractivity contribution >= 4 is 39.7 Å². The molecule has 1 aromatic heterocycles. The molecule has 0 saturated carbocycles. The fraction of sp³-hybridized carbons (Fsp3) is 0.261. The van der Waals surface area contributed by atoms with E-state index in [9.17, 15) is 4.79 Å². The van der Waals surface area contributed by atoms with E-state index in [1.165, 1.54) is 0 Å². The zero-order valence-corrected chi connectivity index (χ0v) is 17.5. The predicted octanol–water partition coefficient (Wildman–Crippen LogP) is 6.45. The van der Waals surface area contributed by atoms with Gasteiger partial charge in [-0.3, -0.25) is 4.79 Å². The van der Waals surface area contributed by atoms with E-state index in [0.717, 1.165) is 44.7 Å². The minimum atomic E-state index is -0.208. The molecule has 1 amide bonds. The lowest BCUT2D eigenvalue weighted by atomic mass is 9.98. The monoisotopic (exact) mass is 397 g/mol. The van der Waals surface area contributed by atoms with Gasteiger partial charge in [-0.15, -0.1) is 0 Å². The molecular weight excluding hydrogens is 374 g/mol. The summed E-state index contributed by atoms with van der Waals surface area (Å²) >= 11 is 5.89. The van der Waals surface area contributed by atoms with E-state index >= 15 is 0 Å². The predicted molar refractivity (Wildman–Crippen MR) is 115 cm³/mol. The number of halogens is 1. The minimum Gasteiger partial charge on any atom is -0.493 e. The van der Waals surface area contributed by atoms with Crippen molar-refractivity contribution in [3.05, 3.63) is 63.9 Å². The second-order valence-corrected chi connectivity index (χ2v) is 7.23. The van der Waals surface area contributed by atoms with Gasteiger partial charge in [0, 0.05) is 33.3 Å². The fourth-order valence-electron chi connectivity index (χ4n) is 3.22. The smallest absolute Gasteiger partial charge is 0.248 e. The molecule has 1 N–H and O–H groups in total. The maximum absolute atomic E-state index is 12.5. The number of anilines is 1. The Bertz CT molecular complexity index is 1060. The summed E-state index contributed by atoms with van der Waals surface area (Å²) in [5, 5.41) is 4.52. The Balaban J connectivity index is 2.01. The number of hydrogen-bond acceptors (Lipinski definition) is 3. The summed E-state index contributed by atoms with van der Waals surface area (Å²) < 4.78 is 11.8. The second kappa shape index (κ2) is 8.11. The Labute approximate surface area is 170 Å². The van der Waals surface area contributed by atoms with Crippen molar-refractivity contribution in [1.82, 2.24) is 0 Å². The molecule has 0 aliphatic rings. The fourth-order valence-corrected chi connectivity index (χ4v) is 3.35. The van der Waals surface area contributed by atoms with Crippen LogP contribution in [0.25, 0.3) is 16.5 Å². The number of furan rings is 1. The largest absolute Gasteiger partial charge is 0.493 e. The SMILES string of the molecule is CCOc1c(/C(C)=C/C(=O)Nc2ccc(Cl)cc2)cc2c(C)c(C)oc2c1C. The number of aryl methyl sites for hydroxylation is 3. The van der Waals surface area contributed by atoms with Crippen molar-refractivity contribution in [3.63, 3.8) is 0 Å². The van der Waals surface area contributed by atoms with E-state index in [0.29, 0.717) is 17.3 Å². The van der Waals surface area contributed by atoms with E-state index in [2.05, 4.69) is 5.32 Å². The van der Waals surface area contributed by atoms with E-state index in [4.69, 9.17) is 20.8 Å². The summed E-state index contributed by atoms with van der Waals surface area (Å²) in [7, 11) is 0. The molecular formula is C23H24ClNO3. The maximum Gasteiger partial charge on any atom is 0.248 e. The summed E-state index contributed by atoms with van der Waals surface area (Å²) in [5.41, 5.74) is 5.27. The Hall–Kier alpha value is -2.72. The first kappa shape index (κ1) is 20.0. The summed E-state index contributed by atoms with van der Waals surface area (Å²) in [6, 6.07) is 9.05. The van der Waals surface area contributed by atoms with Gasteiger partial charge < -0.3 is 14.5 Å². The average molecular weight is 398 g/mol. The van der Waals surface area contributed by atoms with Crippen molar-refractivity contribution in [2.75, 3.05) is 11.9 Å². The number of carbonyl (C=O) groups excluding carboxylic acids is 1. The lowest BCUT2D eigenvalue weighted by molar-refractivity contribution is -0.111. The number of carbonyl (C=O) groups is 1. The zero-order chi connectivity index (χ0) is 20.4. The summed E-state index contributed by atoms with van der Waals surface area (Å²) in [6.45, 7) is 10.4. The summed E-state index contributed by atoms with van der Waals surface area (Å²) in [6.07, 6.45) is 1.58. The number of allylic oxidation sites excluding steroid dienone is 1. The highest BCUT2D eigenvalue weighted by molar-refractivity contribution is 6.30. The van der Waals surface area contributed by atoms with Crippen molar-refractivity contribution in [2.24, 2.45) is 0 Å². The van der Waals surface area contributed by atoms with Gasteiger partial charge in [-0.25, -0.2) is 0 Å². The van der Waals surface area contributed by atoms with Crippen molar-refractivity contribution in [2.45, 2.75) is 34.6 Å². The third-order valence-corrected chi connectivity index (χ3v) is 5.07. The lowest BCUT2D eigenvalue weighted by Gasteiger charge is -2.14. The number of ether oxygens (including phenoxy) is 1. The Morgan fingerprint density at radius 1 is 1.18 bits per heavy atom. The minimum absolute atomic E-state index is 0.208. The first-order valence-corrected chi connectivity index (χ1v) is 9.61. The van der Waals surface area contributed by atoms with Crippen LogP contribution in [0.3, 0.4) is 0 Å². The molecule has 3 aromatic rings. The molecule has 0 bridgehead atoms. The van der Waals surface area contributed by atoms with Crippen LogP contribution in [0.2, 0.25) is 5.02 Å². The molecule has 0 unspecified atom stereocenters. The van der Waals surface area contributed by atoms with Gasteiger partial charge in [-0.05, 0) is 76.1 Å². The highest BCUT2D eigenvalue weighted by Gasteiger charge is 2.18. The third-order valence-electron chi connectivity index (χ3n) is 4.82. The van der Waals surface area contributed by atoms with Gasteiger partial charge in [0.1, 0.15) is 17.1 Å². The van der Waals surface area contributed by atoms with Gasteiger partial charge in [-0.1, -0.05) is 11.6 Å².